The summed E-state index contributed by atoms with van der Waals surface area (Å²) in [5.41, 5.74) is 0.357. The van der Waals surface area contributed by atoms with Crippen molar-refractivity contribution >= 4 is 17.4 Å². The van der Waals surface area contributed by atoms with E-state index in [-0.39, 0.29) is 5.78 Å². The van der Waals surface area contributed by atoms with Gasteiger partial charge in [-0.05, 0) is 12.1 Å². The zero-order valence-electron chi connectivity index (χ0n) is 8.07. The highest BCUT2D eigenvalue weighted by molar-refractivity contribution is 6.30. The largest absolute Gasteiger partial charge is 0.383 e. The van der Waals surface area contributed by atoms with Crippen molar-refractivity contribution in [2.45, 2.75) is 0 Å². The first kappa shape index (κ1) is 10.7. The Kier molecular flexibility index (Phi) is 3.65. The Morgan fingerprint density at radius 2 is 2.29 bits per heavy atom. The molecule has 0 atom stereocenters. The lowest BCUT2D eigenvalue weighted by Gasteiger charge is -2.02. The second-order valence-corrected chi connectivity index (χ2v) is 3.44. The Morgan fingerprint density at radius 1 is 1.57 bits per heavy atom. The number of aromatic nitrogens is 1. The molecule has 0 aromatic carbocycles. The molecule has 14 heavy (non-hydrogen) atoms. The summed E-state index contributed by atoms with van der Waals surface area (Å²) in [5.74, 6) is -0.152. The molecule has 0 N–H and O–H groups in total. The molecule has 0 amide bonds. The first-order valence-electron chi connectivity index (χ1n) is 4.10. The van der Waals surface area contributed by atoms with Gasteiger partial charge in [-0.2, -0.15) is 0 Å². The van der Waals surface area contributed by atoms with E-state index in [0.29, 0.717) is 10.7 Å². The van der Waals surface area contributed by atoms with E-state index in [2.05, 4.69) is 4.98 Å². The minimum Gasteiger partial charge on any atom is -0.383 e. The fourth-order valence-corrected chi connectivity index (χ4v) is 1.00. The quantitative estimate of drug-likeness (QED) is 0.565. The van der Waals surface area contributed by atoms with E-state index in [1.165, 1.54) is 12.3 Å². The Labute approximate surface area is 88.0 Å². The van der Waals surface area contributed by atoms with Crippen LogP contribution in [-0.4, -0.2) is 29.8 Å². The Hall–Kier alpha value is -1.35. The smallest absolute Gasteiger partial charge is 0.205 e. The normalized spacial score (nSPS) is 10.5. The standard InChI is InChI=1S/C10H11ClN2O/c1-13(2)6-4-10(14)9-7-8(11)3-5-12-9/h3-7H,1-2H3/b6-4+. The lowest BCUT2D eigenvalue weighted by Crippen LogP contribution is -2.04. The lowest BCUT2D eigenvalue weighted by molar-refractivity contribution is 0.104. The van der Waals surface area contributed by atoms with Crippen LogP contribution in [0.4, 0.5) is 0 Å². The molecule has 0 radical (unpaired) electrons. The molecule has 3 nitrogen and oxygen atoms in total. The van der Waals surface area contributed by atoms with Gasteiger partial charge in [0.25, 0.3) is 0 Å². The highest BCUT2D eigenvalue weighted by Gasteiger charge is 2.03. The monoisotopic (exact) mass is 210 g/mol. The molecule has 0 bridgehead atoms. The van der Waals surface area contributed by atoms with Crippen LogP contribution >= 0.6 is 11.6 Å². The molecule has 0 fully saturated rings. The molecule has 0 saturated heterocycles. The summed E-state index contributed by atoms with van der Waals surface area (Å²) in [5, 5.41) is 0.515. The van der Waals surface area contributed by atoms with E-state index in [0.717, 1.165) is 0 Å². The summed E-state index contributed by atoms with van der Waals surface area (Å²) >= 11 is 5.72. The summed E-state index contributed by atoms with van der Waals surface area (Å²) in [7, 11) is 3.68. The van der Waals surface area contributed by atoms with Gasteiger partial charge in [0, 0.05) is 37.6 Å². The van der Waals surface area contributed by atoms with Crippen LogP contribution in [0.3, 0.4) is 0 Å². The molecule has 0 unspecified atom stereocenters. The summed E-state index contributed by atoms with van der Waals surface area (Å²) < 4.78 is 0. The molecule has 1 rings (SSSR count). The second-order valence-electron chi connectivity index (χ2n) is 3.00. The second kappa shape index (κ2) is 4.77. The number of rotatable bonds is 3. The van der Waals surface area contributed by atoms with Crippen molar-refractivity contribution in [2.24, 2.45) is 0 Å². The van der Waals surface area contributed by atoms with Gasteiger partial charge in [0.15, 0.2) is 0 Å². The number of pyridine rings is 1. The van der Waals surface area contributed by atoms with Crippen molar-refractivity contribution in [1.82, 2.24) is 9.88 Å². The molecule has 4 heteroatoms. The van der Waals surface area contributed by atoms with Crippen LogP contribution in [0, 0.1) is 0 Å². The molecule has 1 heterocycles. The van der Waals surface area contributed by atoms with E-state index < -0.39 is 0 Å². The molecule has 0 spiro atoms. The third-order valence-electron chi connectivity index (χ3n) is 1.50. The zero-order valence-corrected chi connectivity index (χ0v) is 8.82. The zero-order chi connectivity index (χ0) is 10.6. The summed E-state index contributed by atoms with van der Waals surface area (Å²) in [6.45, 7) is 0. The Morgan fingerprint density at radius 3 is 2.86 bits per heavy atom. The predicted octanol–water partition coefficient (Wildman–Crippen LogP) is 1.99. The van der Waals surface area contributed by atoms with E-state index >= 15 is 0 Å². The van der Waals surface area contributed by atoms with Crippen molar-refractivity contribution in [3.05, 3.63) is 41.3 Å². The van der Waals surface area contributed by atoms with Gasteiger partial charge < -0.3 is 4.90 Å². The van der Waals surface area contributed by atoms with Crippen LogP contribution in [0.25, 0.3) is 0 Å². The number of nitrogens with zero attached hydrogens (tertiary/aromatic N) is 2. The fourth-order valence-electron chi connectivity index (χ4n) is 0.842. The van der Waals surface area contributed by atoms with Gasteiger partial charge in [-0.3, -0.25) is 9.78 Å². The Bertz CT molecular complexity index is 361. The van der Waals surface area contributed by atoms with Crippen molar-refractivity contribution in [3.63, 3.8) is 0 Å². The van der Waals surface area contributed by atoms with Gasteiger partial charge in [-0.15, -0.1) is 0 Å². The molecule has 0 aliphatic heterocycles. The van der Waals surface area contributed by atoms with Crippen LogP contribution in [0.5, 0.6) is 0 Å². The van der Waals surface area contributed by atoms with Crippen LogP contribution in [0.15, 0.2) is 30.6 Å². The number of ketones is 1. The maximum absolute atomic E-state index is 11.5. The van der Waals surface area contributed by atoms with Gasteiger partial charge in [0.05, 0.1) is 0 Å². The maximum atomic E-state index is 11.5. The molecular formula is C10H11ClN2O. The minimum absolute atomic E-state index is 0.152. The number of halogens is 1. The number of hydrogen-bond donors (Lipinski definition) is 0. The lowest BCUT2D eigenvalue weighted by atomic mass is 10.2. The minimum atomic E-state index is -0.152. The third-order valence-corrected chi connectivity index (χ3v) is 1.73. The van der Waals surface area contributed by atoms with E-state index in [1.54, 1.807) is 23.2 Å². The molecule has 1 aromatic rings. The average molecular weight is 211 g/mol. The topological polar surface area (TPSA) is 33.2 Å². The van der Waals surface area contributed by atoms with Crippen molar-refractivity contribution in [3.8, 4) is 0 Å². The Balaban J connectivity index is 2.80. The number of carbonyl (C=O) groups excluding carboxylic acids is 1. The molecule has 1 aromatic heterocycles. The highest BCUT2D eigenvalue weighted by Crippen LogP contribution is 2.08. The number of allylic oxidation sites excluding steroid dienone is 1. The van der Waals surface area contributed by atoms with Crippen LogP contribution in [0.1, 0.15) is 10.5 Å². The fraction of sp³-hybridized carbons (Fsp3) is 0.200. The van der Waals surface area contributed by atoms with E-state index in [1.807, 2.05) is 14.1 Å². The maximum Gasteiger partial charge on any atom is 0.205 e. The van der Waals surface area contributed by atoms with E-state index in [9.17, 15) is 4.79 Å². The molecule has 0 aliphatic rings. The van der Waals surface area contributed by atoms with Crippen molar-refractivity contribution in [1.29, 1.82) is 0 Å². The first-order valence-corrected chi connectivity index (χ1v) is 4.48. The summed E-state index contributed by atoms with van der Waals surface area (Å²) in [4.78, 5) is 17.2. The van der Waals surface area contributed by atoms with Gasteiger partial charge in [-0.1, -0.05) is 11.6 Å². The summed E-state index contributed by atoms with van der Waals surface area (Å²) in [6.07, 6.45) is 4.64. The SMILES string of the molecule is CN(C)/C=C/C(=O)c1cc(Cl)ccn1. The van der Waals surface area contributed by atoms with Gasteiger partial charge in [0.1, 0.15) is 5.69 Å². The molecule has 74 valence electrons. The molecular weight excluding hydrogens is 200 g/mol. The van der Waals surface area contributed by atoms with Crippen LogP contribution in [0.2, 0.25) is 5.02 Å². The van der Waals surface area contributed by atoms with Crippen LogP contribution < -0.4 is 0 Å². The molecule has 0 saturated carbocycles. The summed E-state index contributed by atoms with van der Waals surface area (Å²) in [6, 6.07) is 3.18. The number of carbonyl (C=O) groups is 1. The number of hydrogen-bond acceptors (Lipinski definition) is 3. The predicted molar refractivity (Wildman–Crippen MR) is 56.4 cm³/mol. The van der Waals surface area contributed by atoms with Gasteiger partial charge in [-0.25, -0.2) is 0 Å². The van der Waals surface area contributed by atoms with Crippen LogP contribution in [-0.2, 0) is 0 Å². The van der Waals surface area contributed by atoms with E-state index in [4.69, 9.17) is 11.6 Å². The third kappa shape index (κ3) is 3.18. The first-order chi connectivity index (χ1) is 6.59. The highest BCUT2D eigenvalue weighted by atomic mass is 35.5. The van der Waals surface area contributed by atoms with Gasteiger partial charge in [0.2, 0.25) is 5.78 Å². The van der Waals surface area contributed by atoms with Gasteiger partial charge >= 0.3 is 0 Å². The van der Waals surface area contributed by atoms with Crippen molar-refractivity contribution < 1.29 is 4.79 Å². The average Bonchev–Trinajstić information content (AvgIpc) is 2.14. The molecule has 0 aliphatic carbocycles. The van der Waals surface area contributed by atoms with Crippen molar-refractivity contribution in [2.75, 3.05) is 14.1 Å².